The Bertz CT molecular complexity index is 519. The minimum atomic E-state index is 0.336. The van der Waals surface area contributed by atoms with Crippen molar-refractivity contribution in [2.45, 2.75) is 26.2 Å². The Morgan fingerprint density at radius 1 is 1.32 bits per heavy atom. The molecular weight excluding hydrogens is 276 g/mol. The zero-order valence-corrected chi connectivity index (χ0v) is 13.4. The molecule has 1 atom stereocenters. The van der Waals surface area contributed by atoms with E-state index < -0.39 is 0 Å². The van der Waals surface area contributed by atoms with E-state index in [1.54, 1.807) is 0 Å². The molecule has 22 heavy (non-hydrogen) atoms. The molecule has 1 N–H and O–H groups in total. The fourth-order valence-corrected chi connectivity index (χ4v) is 3.38. The molecule has 120 valence electrons. The molecular formula is C17H26N4O. The molecule has 2 aliphatic rings. The number of rotatable bonds is 6. The summed E-state index contributed by atoms with van der Waals surface area (Å²) in [5.41, 5.74) is 1.05. The normalized spacial score (nSPS) is 22.5. The van der Waals surface area contributed by atoms with Gasteiger partial charge in [-0.25, -0.2) is 4.98 Å². The summed E-state index contributed by atoms with van der Waals surface area (Å²) in [7, 11) is 0. The lowest BCUT2D eigenvalue weighted by molar-refractivity contribution is -0.127. The van der Waals surface area contributed by atoms with E-state index >= 15 is 0 Å². The summed E-state index contributed by atoms with van der Waals surface area (Å²) < 4.78 is 0. The molecule has 2 aliphatic heterocycles. The van der Waals surface area contributed by atoms with Crippen LogP contribution in [0.3, 0.4) is 0 Å². The number of aromatic nitrogens is 1. The van der Waals surface area contributed by atoms with Crippen LogP contribution in [0.5, 0.6) is 0 Å². The summed E-state index contributed by atoms with van der Waals surface area (Å²) in [5, 5.41) is 3.45. The van der Waals surface area contributed by atoms with Gasteiger partial charge in [0, 0.05) is 44.8 Å². The number of nitrogens with one attached hydrogen (secondary N) is 1. The fraction of sp³-hybridized carbons (Fsp3) is 0.647. The minimum Gasteiger partial charge on any atom is -0.370 e. The van der Waals surface area contributed by atoms with Gasteiger partial charge in [-0.3, -0.25) is 4.79 Å². The van der Waals surface area contributed by atoms with Gasteiger partial charge in [0.05, 0.1) is 0 Å². The van der Waals surface area contributed by atoms with Crippen LogP contribution in [0.1, 0.15) is 25.0 Å². The topological polar surface area (TPSA) is 48.5 Å². The molecule has 0 radical (unpaired) electrons. The number of anilines is 1. The van der Waals surface area contributed by atoms with Gasteiger partial charge in [0.1, 0.15) is 5.82 Å². The van der Waals surface area contributed by atoms with Crippen molar-refractivity contribution in [3.63, 3.8) is 0 Å². The van der Waals surface area contributed by atoms with E-state index in [0.717, 1.165) is 63.6 Å². The number of hydrogen-bond donors (Lipinski definition) is 1. The van der Waals surface area contributed by atoms with Gasteiger partial charge in [-0.15, -0.1) is 0 Å². The van der Waals surface area contributed by atoms with Gasteiger partial charge >= 0.3 is 0 Å². The largest absolute Gasteiger partial charge is 0.370 e. The molecule has 0 saturated carbocycles. The highest BCUT2D eigenvalue weighted by Crippen LogP contribution is 2.17. The second-order valence-corrected chi connectivity index (χ2v) is 6.48. The van der Waals surface area contributed by atoms with Gasteiger partial charge in [-0.1, -0.05) is 6.07 Å². The fourth-order valence-electron chi connectivity index (χ4n) is 3.38. The lowest BCUT2D eigenvalue weighted by atomic mass is 10.1. The van der Waals surface area contributed by atoms with Crippen molar-refractivity contribution in [1.82, 2.24) is 14.8 Å². The molecule has 1 amide bonds. The van der Waals surface area contributed by atoms with Gasteiger partial charge in [0.2, 0.25) is 5.91 Å². The molecule has 0 aliphatic carbocycles. The molecule has 0 spiro atoms. The maximum atomic E-state index is 11.6. The van der Waals surface area contributed by atoms with Gasteiger partial charge in [-0.05, 0) is 44.4 Å². The van der Waals surface area contributed by atoms with E-state index in [1.807, 2.05) is 30.0 Å². The number of pyridine rings is 1. The van der Waals surface area contributed by atoms with E-state index in [-0.39, 0.29) is 0 Å². The Kier molecular flexibility index (Phi) is 4.93. The summed E-state index contributed by atoms with van der Waals surface area (Å²) in [6, 6.07) is 6.08. The average Bonchev–Trinajstić information content (AvgIpc) is 3.12. The molecule has 2 saturated heterocycles. The maximum Gasteiger partial charge on any atom is 0.222 e. The van der Waals surface area contributed by atoms with E-state index in [0.29, 0.717) is 11.8 Å². The zero-order valence-electron chi connectivity index (χ0n) is 13.4. The van der Waals surface area contributed by atoms with E-state index in [9.17, 15) is 4.79 Å². The predicted octanol–water partition coefficient (Wildman–Crippen LogP) is 1.75. The number of likely N-dealkylation sites (tertiary alicyclic amines) is 2. The van der Waals surface area contributed by atoms with E-state index in [1.165, 1.54) is 6.42 Å². The van der Waals surface area contributed by atoms with Crippen molar-refractivity contribution in [2.75, 3.05) is 44.6 Å². The standard InChI is InChI=1S/C17H26N4O/c1-14-4-2-5-16(19-14)18-12-15-7-9-20(13-15)10-11-21-8-3-6-17(21)22/h2,4-5,15H,3,6-13H2,1H3,(H,18,19). The average molecular weight is 302 g/mol. The molecule has 3 heterocycles. The Hall–Kier alpha value is -1.62. The number of carbonyl (C=O) groups is 1. The van der Waals surface area contributed by atoms with Crippen molar-refractivity contribution in [2.24, 2.45) is 5.92 Å². The molecule has 2 fully saturated rings. The first-order valence-electron chi connectivity index (χ1n) is 8.38. The highest BCUT2D eigenvalue weighted by molar-refractivity contribution is 5.78. The Balaban J connectivity index is 1.38. The van der Waals surface area contributed by atoms with Crippen LogP contribution in [0.4, 0.5) is 5.82 Å². The van der Waals surface area contributed by atoms with Crippen LogP contribution in [0.25, 0.3) is 0 Å². The van der Waals surface area contributed by atoms with Crippen LogP contribution in [0.2, 0.25) is 0 Å². The SMILES string of the molecule is Cc1cccc(NCC2CCN(CCN3CCCC3=O)C2)n1. The molecule has 1 unspecified atom stereocenters. The Morgan fingerprint density at radius 3 is 3.00 bits per heavy atom. The Labute approximate surface area is 132 Å². The number of nitrogens with zero attached hydrogens (tertiary/aromatic N) is 3. The molecule has 0 bridgehead atoms. The van der Waals surface area contributed by atoms with Crippen LogP contribution in [-0.4, -0.2) is 60.0 Å². The lowest BCUT2D eigenvalue weighted by Crippen LogP contribution is -2.35. The number of carbonyl (C=O) groups excluding carboxylic acids is 1. The lowest BCUT2D eigenvalue weighted by Gasteiger charge is -2.21. The smallest absolute Gasteiger partial charge is 0.222 e. The second kappa shape index (κ2) is 7.09. The van der Waals surface area contributed by atoms with Crippen molar-refractivity contribution in [3.05, 3.63) is 23.9 Å². The first-order chi connectivity index (χ1) is 10.7. The van der Waals surface area contributed by atoms with Gasteiger partial charge in [0.15, 0.2) is 0 Å². The molecule has 3 rings (SSSR count). The van der Waals surface area contributed by atoms with Crippen LogP contribution in [0, 0.1) is 12.8 Å². The molecule has 5 heteroatoms. The number of hydrogen-bond acceptors (Lipinski definition) is 4. The third-order valence-electron chi connectivity index (χ3n) is 4.69. The maximum absolute atomic E-state index is 11.6. The number of aryl methyl sites for hydroxylation is 1. The highest BCUT2D eigenvalue weighted by Gasteiger charge is 2.25. The van der Waals surface area contributed by atoms with Crippen LogP contribution < -0.4 is 5.32 Å². The minimum absolute atomic E-state index is 0.336. The highest BCUT2D eigenvalue weighted by atomic mass is 16.2. The molecule has 0 aromatic carbocycles. The van der Waals surface area contributed by atoms with Gasteiger partial charge < -0.3 is 15.1 Å². The Morgan fingerprint density at radius 2 is 2.23 bits per heavy atom. The van der Waals surface area contributed by atoms with E-state index in [4.69, 9.17) is 0 Å². The summed E-state index contributed by atoms with van der Waals surface area (Å²) in [6.07, 6.45) is 3.01. The third kappa shape index (κ3) is 3.97. The summed E-state index contributed by atoms with van der Waals surface area (Å²) in [6.45, 7) is 8.15. The monoisotopic (exact) mass is 302 g/mol. The predicted molar refractivity (Wildman–Crippen MR) is 87.8 cm³/mol. The first-order valence-corrected chi connectivity index (χ1v) is 8.38. The summed E-state index contributed by atoms with van der Waals surface area (Å²) >= 11 is 0. The van der Waals surface area contributed by atoms with Crippen molar-refractivity contribution >= 4 is 11.7 Å². The van der Waals surface area contributed by atoms with Crippen LogP contribution in [-0.2, 0) is 4.79 Å². The summed E-state index contributed by atoms with van der Waals surface area (Å²) in [4.78, 5) is 20.6. The number of amides is 1. The quantitative estimate of drug-likeness (QED) is 0.870. The van der Waals surface area contributed by atoms with Crippen molar-refractivity contribution in [1.29, 1.82) is 0 Å². The second-order valence-electron chi connectivity index (χ2n) is 6.48. The van der Waals surface area contributed by atoms with E-state index in [2.05, 4.69) is 15.2 Å². The summed E-state index contributed by atoms with van der Waals surface area (Å²) in [5.74, 6) is 1.99. The molecule has 1 aromatic rings. The third-order valence-corrected chi connectivity index (χ3v) is 4.69. The van der Waals surface area contributed by atoms with Crippen LogP contribution in [0.15, 0.2) is 18.2 Å². The van der Waals surface area contributed by atoms with Gasteiger partial charge in [0.25, 0.3) is 0 Å². The van der Waals surface area contributed by atoms with Crippen molar-refractivity contribution in [3.8, 4) is 0 Å². The molecule has 5 nitrogen and oxygen atoms in total. The zero-order chi connectivity index (χ0) is 15.4. The van der Waals surface area contributed by atoms with Crippen molar-refractivity contribution < 1.29 is 4.79 Å². The van der Waals surface area contributed by atoms with Crippen LogP contribution >= 0.6 is 0 Å². The molecule has 1 aromatic heterocycles. The first kappa shape index (κ1) is 15.3. The van der Waals surface area contributed by atoms with Gasteiger partial charge in [-0.2, -0.15) is 0 Å².